The molecular weight excluding hydrogens is 308 g/mol. The van der Waals surface area contributed by atoms with Crippen molar-refractivity contribution in [3.63, 3.8) is 0 Å². The van der Waals surface area contributed by atoms with Crippen LogP contribution in [-0.2, 0) is 4.74 Å². The molecule has 1 aliphatic rings. The number of nitrogens with zero attached hydrogens (tertiary/aromatic N) is 2. The molecule has 1 heterocycles. The fraction of sp³-hybridized carbons (Fsp3) is 0.500. The van der Waals surface area contributed by atoms with Crippen LogP contribution >= 0.6 is 15.9 Å². The van der Waals surface area contributed by atoms with E-state index >= 15 is 0 Å². The van der Waals surface area contributed by atoms with E-state index in [0.717, 1.165) is 15.8 Å². The smallest absolute Gasteiger partial charge is 0.414 e. The third kappa shape index (κ3) is 2.86. The van der Waals surface area contributed by atoms with Crippen molar-refractivity contribution in [3.05, 3.63) is 22.7 Å². The Kier molecular flexibility index (Phi) is 4.04. The van der Waals surface area contributed by atoms with Crippen molar-refractivity contribution in [1.29, 1.82) is 0 Å². The van der Waals surface area contributed by atoms with E-state index < -0.39 is 0 Å². The van der Waals surface area contributed by atoms with Crippen LogP contribution in [0.3, 0.4) is 0 Å². The molecule has 1 aromatic rings. The molecule has 0 saturated heterocycles. The van der Waals surface area contributed by atoms with Crippen LogP contribution in [0, 0.1) is 0 Å². The van der Waals surface area contributed by atoms with Crippen molar-refractivity contribution in [1.82, 2.24) is 0 Å². The van der Waals surface area contributed by atoms with Gasteiger partial charge in [-0.05, 0) is 39.0 Å². The molecule has 0 radical (unpaired) electrons. The highest BCUT2D eigenvalue weighted by Crippen LogP contribution is 2.37. The fourth-order valence-corrected chi connectivity index (χ4v) is 2.52. The molecule has 1 amide bonds. The van der Waals surface area contributed by atoms with Crippen LogP contribution in [0.25, 0.3) is 0 Å². The first-order valence-corrected chi connectivity index (χ1v) is 7.20. The zero-order valence-corrected chi connectivity index (χ0v) is 13.3. The molecule has 104 valence electrons. The number of hydrogen-bond donors (Lipinski definition) is 0. The molecule has 0 bridgehead atoms. The van der Waals surface area contributed by atoms with Crippen molar-refractivity contribution >= 4 is 33.4 Å². The molecule has 5 heteroatoms. The molecule has 0 fully saturated rings. The van der Waals surface area contributed by atoms with Gasteiger partial charge < -0.3 is 9.64 Å². The molecule has 19 heavy (non-hydrogen) atoms. The van der Waals surface area contributed by atoms with Gasteiger partial charge in [0.15, 0.2) is 0 Å². The number of halogens is 1. The minimum atomic E-state index is -0.283. The van der Waals surface area contributed by atoms with Crippen molar-refractivity contribution < 1.29 is 9.53 Å². The van der Waals surface area contributed by atoms with Gasteiger partial charge in [-0.25, -0.2) is 4.79 Å². The Balaban J connectivity index is 2.39. The fourth-order valence-electron chi connectivity index (χ4n) is 2.17. The van der Waals surface area contributed by atoms with E-state index in [4.69, 9.17) is 4.74 Å². The van der Waals surface area contributed by atoms with E-state index in [0.29, 0.717) is 6.54 Å². The van der Waals surface area contributed by atoms with E-state index in [1.807, 2.05) is 39.1 Å². The van der Waals surface area contributed by atoms with Gasteiger partial charge in [-0.1, -0.05) is 15.9 Å². The number of anilines is 2. The van der Waals surface area contributed by atoms with Gasteiger partial charge >= 0.3 is 6.09 Å². The van der Waals surface area contributed by atoms with Crippen molar-refractivity contribution in [3.8, 4) is 0 Å². The number of likely N-dealkylation sites (N-methyl/N-ethyl adjacent to an activating group) is 1. The van der Waals surface area contributed by atoms with Crippen LogP contribution in [0.2, 0.25) is 0 Å². The van der Waals surface area contributed by atoms with Crippen LogP contribution in [0.4, 0.5) is 16.2 Å². The minimum absolute atomic E-state index is 0.113. The molecule has 0 N–H and O–H groups in total. The van der Waals surface area contributed by atoms with E-state index in [1.54, 1.807) is 4.90 Å². The molecular formula is C14H19BrN2O2. The Hall–Kier alpha value is -1.23. The number of ether oxygens (including phenoxy) is 1. The molecule has 0 spiro atoms. The summed E-state index contributed by atoms with van der Waals surface area (Å²) in [6.07, 6.45) is -0.396. The monoisotopic (exact) mass is 326 g/mol. The number of carbonyl (C=O) groups excluding carboxylic acids is 1. The van der Waals surface area contributed by atoms with E-state index in [2.05, 4.69) is 27.8 Å². The summed E-state index contributed by atoms with van der Waals surface area (Å²) in [5.41, 5.74) is 1.93. The standard InChI is InChI=1S/C14H19BrN2O2/c1-9(2)19-14(18)17-8-10(3)16(4)12-6-5-11(15)7-13(12)17/h5-7,9-10H,8H2,1-4H3. The van der Waals surface area contributed by atoms with Crippen LogP contribution < -0.4 is 9.80 Å². The van der Waals surface area contributed by atoms with E-state index in [-0.39, 0.29) is 18.2 Å². The van der Waals surface area contributed by atoms with Crippen LogP contribution in [0.1, 0.15) is 20.8 Å². The summed E-state index contributed by atoms with van der Waals surface area (Å²) in [7, 11) is 2.04. The van der Waals surface area contributed by atoms with Crippen LogP contribution in [0.15, 0.2) is 22.7 Å². The summed E-state index contributed by atoms with van der Waals surface area (Å²) in [4.78, 5) is 16.1. The second-order valence-corrected chi connectivity index (χ2v) is 6.05. The van der Waals surface area contributed by atoms with Crippen molar-refractivity contribution in [2.75, 3.05) is 23.4 Å². The zero-order chi connectivity index (χ0) is 14.2. The Morgan fingerprint density at radius 3 is 2.74 bits per heavy atom. The van der Waals surface area contributed by atoms with Crippen LogP contribution in [0.5, 0.6) is 0 Å². The quantitative estimate of drug-likeness (QED) is 0.789. The van der Waals surface area contributed by atoms with Gasteiger partial charge in [-0.3, -0.25) is 4.90 Å². The van der Waals surface area contributed by atoms with Gasteiger partial charge in [-0.2, -0.15) is 0 Å². The Labute approximate surface area is 122 Å². The number of rotatable bonds is 1. The van der Waals surface area contributed by atoms with Gasteiger partial charge in [-0.15, -0.1) is 0 Å². The molecule has 0 aliphatic carbocycles. The zero-order valence-electron chi connectivity index (χ0n) is 11.7. The number of hydrogen-bond acceptors (Lipinski definition) is 3. The average molecular weight is 327 g/mol. The molecule has 1 aliphatic heterocycles. The highest BCUT2D eigenvalue weighted by molar-refractivity contribution is 9.10. The lowest BCUT2D eigenvalue weighted by molar-refractivity contribution is 0.122. The second kappa shape index (κ2) is 5.41. The number of amides is 1. The number of carbonyl (C=O) groups is 1. The predicted molar refractivity (Wildman–Crippen MR) is 81.0 cm³/mol. The maximum absolute atomic E-state index is 12.2. The largest absolute Gasteiger partial charge is 0.446 e. The lowest BCUT2D eigenvalue weighted by Gasteiger charge is -2.40. The minimum Gasteiger partial charge on any atom is -0.446 e. The first-order chi connectivity index (χ1) is 8.90. The lowest BCUT2D eigenvalue weighted by atomic mass is 10.1. The summed E-state index contributed by atoms with van der Waals surface area (Å²) in [5.74, 6) is 0. The molecule has 1 atom stereocenters. The summed E-state index contributed by atoms with van der Waals surface area (Å²) in [6, 6.07) is 6.22. The summed E-state index contributed by atoms with van der Waals surface area (Å²) in [5, 5.41) is 0. The maximum Gasteiger partial charge on any atom is 0.414 e. The lowest BCUT2D eigenvalue weighted by Crippen LogP contribution is -2.48. The highest BCUT2D eigenvalue weighted by Gasteiger charge is 2.30. The summed E-state index contributed by atoms with van der Waals surface area (Å²) in [6.45, 7) is 6.45. The van der Waals surface area contributed by atoms with E-state index in [9.17, 15) is 4.79 Å². The van der Waals surface area contributed by atoms with Gasteiger partial charge in [0.1, 0.15) is 0 Å². The van der Waals surface area contributed by atoms with E-state index in [1.165, 1.54) is 0 Å². The molecule has 1 unspecified atom stereocenters. The summed E-state index contributed by atoms with van der Waals surface area (Å²) < 4.78 is 6.28. The van der Waals surface area contributed by atoms with Crippen molar-refractivity contribution in [2.24, 2.45) is 0 Å². The first kappa shape index (κ1) is 14.2. The molecule has 0 aromatic heterocycles. The normalized spacial score (nSPS) is 18.5. The SMILES string of the molecule is CC(C)OC(=O)N1CC(C)N(C)c2ccc(Br)cc21. The number of benzene rings is 1. The molecule has 4 nitrogen and oxygen atoms in total. The Morgan fingerprint density at radius 2 is 2.11 bits per heavy atom. The summed E-state index contributed by atoms with van der Waals surface area (Å²) >= 11 is 3.46. The van der Waals surface area contributed by atoms with Gasteiger partial charge in [0.25, 0.3) is 0 Å². The van der Waals surface area contributed by atoms with Gasteiger partial charge in [0, 0.05) is 24.1 Å². The third-order valence-corrected chi connectivity index (χ3v) is 3.77. The molecule has 0 saturated carbocycles. The first-order valence-electron chi connectivity index (χ1n) is 6.40. The Morgan fingerprint density at radius 1 is 1.42 bits per heavy atom. The van der Waals surface area contributed by atoms with Gasteiger partial charge in [0.2, 0.25) is 0 Å². The Bertz CT molecular complexity index is 490. The topological polar surface area (TPSA) is 32.8 Å². The molecule has 2 rings (SSSR count). The third-order valence-electron chi connectivity index (χ3n) is 3.27. The average Bonchev–Trinajstić information content (AvgIpc) is 2.32. The maximum atomic E-state index is 12.2. The second-order valence-electron chi connectivity index (χ2n) is 5.14. The van der Waals surface area contributed by atoms with Crippen molar-refractivity contribution in [2.45, 2.75) is 32.9 Å². The predicted octanol–water partition coefficient (Wildman–Crippen LogP) is 3.64. The highest BCUT2D eigenvalue weighted by atomic mass is 79.9. The van der Waals surface area contributed by atoms with Crippen LogP contribution in [-0.4, -0.2) is 31.8 Å². The van der Waals surface area contributed by atoms with Gasteiger partial charge in [0.05, 0.1) is 17.5 Å². The molecule has 1 aromatic carbocycles. The number of fused-ring (bicyclic) bond motifs is 1.